The van der Waals surface area contributed by atoms with Gasteiger partial charge in [-0.25, -0.2) is 0 Å². The van der Waals surface area contributed by atoms with E-state index in [4.69, 9.17) is 44.3 Å². The van der Waals surface area contributed by atoms with Gasteiger partial charge in [-0.1, -0.05) is 40.9 Å². The Kier molecular flexibility index (Phi) is 6.38. The van der Waals surface area contributed by atoms with E-state index in [2.05, 4.69) is 6.58 Å². The highest BCUT2D eigenvalue weighted by Crippen LogP contribution is 2.25. The van der Waals surface area contributed by atoms with E-state index >= 15 is 0 Å². The van der Waals surface area contributed by atoms with Crippen LogP contribution in [0.1, 0.15) is 0 Å². The molecule has 0 heterocycles. The van der Waals surface area contributed by atoms with E-state index < -0.39 is 3.79 Å². The Hall–Kier alpha value is 0.530. The Labute approximate surface area is 81.0 Å². The molecule has 0 aromatic carbocycles. The highest BCUT2D eigenvalue weighted by Gasteiger charge is 2.19. The van der Waals surface area contributed by atoms with Crippen LogP contribution >= 0.6 is 34.8 Å². The maximum Gasteiger partial charge on any atom is 0.213 e. The number of ether oxygens (including phenoxy) is 2. The number of hydrogen-bond donors (Lipinski definition) is 0. The molecule has 0 aliphatic carbocycles. The van der Waals surface area contributed by atoms with Gasteiger partial charge in [0.15, 0.2) is 0 Å². The van der Waals surface area contributed by atoms with E-state index in [1.807, 2.05) is 0 Å². The van der Waals surface area contributed by atoms with Gasteiger partial charge in [0.1, 0.15) is 6.79 Å². The van der Waals surface area contributed by atoms with Gasteiger partial charge >= 0.3 is 0 Å². The molecule has 0 saturated heterocycles. The van der Waals surface area contributed by atoms with Gasteiger partial charge in [-0.3, -0.25) is 0 Å². The van der Waals surface area contributed by atoms with Crippen molar-refractivity contribution in [3.63, 3.8) is 0 Å². The normalized spacial score (nSPS) is 11.5. The molecule has 0 radical (unpaired) electrons. The monoisotopic (exact) mass is 218 g/mol. The highest BCUT2D eigenvalue weighted by molar-refractivity contribution is 6.67. The van der Waals surface area contributed by atoms with Gasteiger partial charge in [-0.15, -0.1) is 6.58 Å². The average Bonchev–Trinajstić information content (AvgIpc) is 1.85. The fourth-order valence-corrected chi connectivity index (χ4v) is 0.579. The lowest BCUT2D eigenvalue weighted by atomic mass is 10.7. The van der Waals surface area contributed by atoms with Crippen LogP contribution in [0.15, 0.2) is 12.7 Å². The Morgan fingerprint density at radius 3 is 2.36 bits per heavy atom. The summed E-state index contributed by atoms with van der Waals surface area (Å²) in [5, 5.41) is 0. The van der Waals surface area contributed by atoms with Crippen LogP contribution in [0, 0.1) is 0 Å². The lowest BCUT2D eigenvalue weighted by Gasteiger charge is -2.10. The molecule has 0 N–H and O–H groups in total. The molecular formula is C6H9Cl3O2. The van der Waals surface area contributed by atoms with Crippen molar-refractivity contribution in [3.8, 4) is 0 Å². The Morgan fingerprint density at radius 2 is 1.91 bits per heavy atom. The first-order chi connectivity index (χ1) is 5.06. The molecule has 0 aromatic rings. The minimum atomic E-state index is -1.36. The number of hydrogen-bond acceptors (Lipinski definition) is 2. The van der Waals surface area contributed by atoms with Crippen LogP contribution in [0.3, 0.4) is 0 Å². The lowest BCUT2D eigenvalue weighted by molar-refractivity contribution is -0.0419. The lowest BCUT2D eigenvalue weighted by Crippen LogP contribution is -2.14. The van der Waals surface area contributed by atoms with Crippen LogP contribution in [-0.4, -0.2) is 23.8 Å². The molecule has 0 aromatic heterocycles. The minimum Gasteiger partial charge on any atom is -0.351 e. The van der Waals surface area contributed by atoms with Gasteiger partial charge in [-0.2, -0.15) is 0 Å². The van der Waals surface area contributed by atoms with Crippen molar-refractivity contribution in [2.45, 2.75) is 3.79 Å². The van der Waals surface area contributed by atoms with Crippen molar-refractivity contribution < 1.29 is 9.47 Å². The summed E-state index contributed by atoms with van der Waals surface area (Å²) in [5.41, 5.74) is 0. The third-order valence-electron chi connectivity index (χ3n) is 0.668. The molecule has 0 atom stereocenters. The van der Waals surface area contributed by atoms with E-state index in [1.54, 1.807) is 6.08 Å². The molecule has 0 saturated carbocycles. The third kappa shape index (κ3) is 10.5. The maximum atomic E-state index is 5.38. The van der Waals surface area contributed by atoms with Gasteiger partial charge in [0.25, 0.3) is 0 Å². The molecule has 0 bridgehead atoms. The Bertz CT molecular complexity index is 111. The summed E-state index contributed by atoms with van der Waals surface area (Å²) in [5.74, 6) is 0. The summed E-state index contributed by atoms with van der Waals surface area (Å²) in [6, 6.07) is 0. The number of halogens is 3. The maximum absolute atomic E-state index is 5.38. The van der Waals surface area contributed by atoms with Crippen LogP contribution in [0.25, 0.3) is 0 Å². The van der Waals surface area contributed by atoms with E-state index in [1.165, 1.54) is 0 Å². The molecule has 0 rings (SSSR count). The van der Waals surface area contributed by atoms with Gasteiger partial charge in [0.2, 0.25) is 3.79 Å². The van der Waals surface area contributed by atoms with E-state index in [-0.39, 0.29) is 13.4 Å². The summed E-state index contributed by atoms with van der Waals surface area (Å²) in [4.78, 5) is 0. The zero-order valence-electron chi connectivity index (χ0n) is 5.86. The molecule has 0 aliphatic heterocycles. The molecule has 11 heavy (non-hydrogen) atoms. The van der Waals surface area contributed by atoms with Crippen LogP contribution in [0.5, 0.6) is 0 Å². The molecule has 5 heteroatoms. The Morgan fingerprint density at radius 1 is 1.27 bits per heavy atom. The van der Waals surface area contributed by atoms with Crippen molar-refractivity contribution in [1.29, 1.82) is 0 Å². The fraction of sp³-hybridized carbons (Fsp3) is 0.667. The molecule has 0 spiro atoms. The van der Waals surface area contributed by atoms with Crippen molar-refractivity contribution in [3.05, 3.63) is 12.7 Å². The number of rotatable bonds is 5. The molecule has 0 amide bonds. The zero-order chi connectivity index (χ0) is 8.74. The van der Waals surface area contributed by atoms with E-state index in [0.717, 1.165) is 0 Å². The number of alkyl halides is 3. The second-order valence-corrected chi connectivity index (χ2v) is 4.26. The first-order valence-corrected chi connectivity index (χ1v) is 4.03. The molecule has 0 fully saturated rings. The van der Waals surface area contributed by atoms with Crippen LogP contribution in [0.4, 0.5) is 0 Å². The summed E-state index contributed by atoms with van der Waals surface area (Å²) in [6.07, 6.45) is 1.61. The predicted molar refractivity (Wildman–Crippen MR) is 47.3 cm³/mol. The third-order valence-corrected chi connectivity index (χ3v) is 0.995. The topological polar surface area (TPSA) is 18.5 Å². The summed E-state index contributed by atoms with van der Waals surface area (Å²) in [6.45, 7) is 4.01. The zero-order valence-corrected chi connectivity index (χ0v) is 8.12. The smallest absolute Gasteiger partial charge is 0.213 e. The van der Waals surface area contributed by atoms with E-state index in [0.29, 0.717) is 6.61 Å². The van der Waals surface area contributed by atoms with Crippen LogP contribution in [0.2, 0.25) is 0 Å². The largest absolute Gasteiger partial charge is 0.351 e. The minimum absolute atomic E-state index is 0.0226. The first kappa shape index (κ1) is 11.5. The van der Waals surface area contributed by atoms with Gasteiger partial charge in [-0.05, 0) is 0 Å². The van der Waals surface area contributed by atoms with Crippen molar-refractivity contribution in [1.82, 2.24) is 0 Å². The average molecular weight is 219 g/mol. The summed E-state index contributed by atoms with van der Waals surface area (Å²) in [7, 11) is 0. The van der Waals surface area contributed by atoms with Gasteiger partial charge in [0.05, 0.1) is 13.2 Å². The SMILES string of the molecule is C=CCOCOCC(Cl)(Cl)Cl. The standard InChI is InChI=1S/C6H9Cl3O2/c1-2-3-10-5-11-4-6(7,8)9/h2H,1,3-5H2. The summed E-state index contributed by atoms with van der Waals surface area (Å²) >= 11 is 16.1. The highest BCUT2D eigenvalue weighted by atomic mass is 35.6. The molecule has 66 valence electrons. The van der Waals surface area contributed by atoms with E-state index in [9.17, 15) is 0 Å². The summed E-state index contributed by atoms with van der Waals surface area (Å²) < 4.78 is 8.33. The van der Waals surface area contributed by atoms with Crippen molar-refractivity contribution in [2.24, 2.45) is 0 Å². The predicted octanol–water partition coefficient (Wildman–Crippen LogP) is 2.53. The second-order valence-electron chi connectivity index (χ2n) is 1.74. The fourth-order valence-electron chi connectivity index (χ4n) is 0.348. The van der Waals surface area contributed by atoms with Crippen LogP contribution in [-0.2, 0) is 9.47 Å². The first-order valence-electron chi connectivity index (χ1n) is 2.89. The molecule has 2 nitrogen and oxygen atoms in total. The van der Waals surface area contributed by atoms with Gasteiger partial charge < -0.3 is 9.47 Å². The molecular weight excluding hydrogens is 210 g/mol. The molecule has 0 aliphatic rings. The van der Waals surface area contributed by atoms with Gasteiger partial charge in [0, 0.05) is 0 Å². The second kappa shape index (κ2) is 6.09. The van der Waals surface area contributed by atoms with Crippen LogP contribution < -0.4 is 0 Å². The quantitative estimate of drug-likeness (QED) is 0.306. The molecule has 0 unspecified atom stereocenters. The van der Waals surface area contributed by atoms with Crippen molar-refractivity contribution >= 4 is 34.8 Å². The van der Waals surface area contributed by atoms with Crippen molar-refractivity contribution in [2.75, 3.05) is 20.0 Å². The Balaban J connectivity index is 3.08.